The molecule has 1 N–H and O–H groups in total. The quantitative estimate of drug-likeness (QED) is 0.524. The van der Waals surface area contributed by atoms with Crippen molar-refractivity contribution in [3.8, 4) is 11.5 Å². The Morgan fingerprint density at radius 3 is 2.48 bits per heavy atom. The molecule has 0 unspecified atom stereocenters. The molecule has 0 amide bonds. The molecule has 9 heteroatoms. The molecule has 0 atom stereocenters. The summed E-state index contributed by atoms with van der Waals surface area (Å²) in [6.07, 6.45) is 0.914. The molecule has 0 aliphatic carbocycles. The molecule has 0 spiro atoms. The van der Waals surface area contributed by atoms with Gasteiger partial charge in [0, 0.05) is 13.1 Å². The van der Waals surface area contributed by atoms with E-state index in [2.05, 4.69) is 26.7 Å². The van der Waals surface area contributed by atoms with Gasteiger partial charge in [-0.15, -0.1) is 10.2 Å². The van der Waals surface area contributed by atoms with Crippen molar-refractivity contribution in [1.29, 1.82) is 0 Å². The fourth-order valence-corrected chi connectivity index (χ4v) is 4.12. The van der Waals surface area contributed by atoms with Gasteiger partial charge in [-0.2, -0.15) is 0 Å². The van der Waals surface area contributed by atoms with Crippen molar-refractivity contribution in [2.75, 3.05) is 19.6 Å². The maximum absolute atomic E-state index is 12.3. The summed E-state index contributed by atoms with van der Waals surface area (Å²) in [5.74, 6) is 0.825. The molecule has 0 aliphatic rings. The van der Waals surface area contributed by atoms with E-state index >= 15 is 0 Å². The van der Waals surface area contributed by atoms with E-state index in [1.165, 1.54) is 0 Å². The molecule has 3 aromatic rings. The van der Waals surface area contributed by atoms with E-state index in [9.17, 15) is 8.42 Å². The molecule has 0 bridgehead atoms. The summed E-state index contributed by atoms with van der Waals surface area (Å²) in [5.41, 5.74) is 0.686. The average Bonchev–Trinajstić information content (AvgIpc) is 3.17. The zero-order valence-electron chi connectivity index (χ0n) is 16.1. The van der Waals surface area contributed by atoms with Crippen molar-refractivity contribution >= 4 is 21.6 Å². The first-order valence-electron chi connectivity index (χ1n) is 9.34. The number of aromatic nitrogens is 2. The van der Waals surface area contributed by atoms with Gasteiger partial charge < -0.3 is 4.42 Å². The van der Waals surface area contributed by atoms with Crippen LogP contribution in [-0.2, 0) is 16.6 Å². The normalized spacial score (nSPS) is 11.8. The van der Waals surface area contributed by atoms with Gasteiger partial charge >= 0.3 is 0 Å². The molecule has 0 aliphatic heterocycles. The third-order valence-electron chi connectivity index (χ3n) is 4.24. The molecule has 154 valence electrons. The Kier molecular flexibility index (Phi) is 7.38. The summed E-state index contributed by atoms with van der Waals surface area (Å²) in [6, 6.07) is 15.6. The standard InChI is InChI=1S/C20H23ClN4O3S/c1-2-13-25(14-12-22-29(26,27)16-8-4-3-5-9-16)15-19-23-24-20(28-19)17-10-6-7-11-18(17)21/h3-11,22H,2,12-15H2,1H3. The lowest BCUT2D eigenvalue weighted by Gasteiger charge is -2.19. The van der Waals surface area contributed by atoms with E-state index in [-0.39, 0.29) is 11.4 Å². The Morgan fingerprint density at radius 2 is 1.76 bits per heavy atom. The van der Waals surface area contributed by atoms with Gasteiger partial charge in [0.05, 0.1) is 22.0 Å². The minimum atomic E-state index is -3.52. The Bertz CT molecular complexity index is 1020. The number of benzene rings is 2. The average molecular weight is 435 g/mol. The van der Waals surface area contributed by atoms with Crippen LogP contribution in [0.4, 0.5) is 0 Å². The summed E-state index contributed by atoms with van der Waals surface area (Å²) < 4.78 is 33.1. The number of nitrogens with zero attached hydrogens (tertiary/aromatic N) is 3. The lowest BCUT2D eigenvalue weighted by Crippen LogP contribution is -2.35. The number of hydrogen-bond acceptors (Lipinski definition) is 6. The van der Waals surface area contributed by atoms with Gasteiger partial charge in [0.15, 0.2) is 0 Å². The second-order valence-corrected chi connectivity index (χ2v) is 8.64. The fourth-order valence-electron chi connectivity index (χ4n) is 2.86. The first kappa shape index (κ1) is 21.4. The van der Waals surface area contributed by atoms with Crippen molar-refractivity contribution < 1.29 is 12.8 Å². The van der Waals surface area contributed by atoms with Gasteiger partial charge in [-0.3, -0.25) is 4.90 Å². The molecule has 2 aromatic carbocycles. The topological polar surface area (TPSA) is 88.3 Å². The Hall–Kier alpha value is -2.26. The number of hydrogen-bond donors (Lipinski definition) is 1. The molecular weight excluding hydrogens is 412 g/mol. The van der Waals surface area contributed by atoms with E-state index < -0.39 is 10.0 Å². The lowest BCUT2D eigenvalue weighted by atomic mass is 10.2. The molecule has 0 saturated heterocycles. The van der Waals surface area contributed by atoms with Crippen molar-refractivity contribution in [2.24, 2.45) is 0 Å². The maximum atomic E-state index is 12.3. The molecule has 1 heterocycles. The molecular formula is C20H23ClN4O3S. The molecule has 0 fully saturated rings. The van der Waals surface area contributed by atoms with Crippen LogP contribution in [0.2, 0.25) is 5.02 Å². The number of sulfonamides is 1. The molecule has 29 heavy (non-hydrogen) atoms. The van der Waals surface area contributed by atoms with Crippen LogP contribution < -0.4 is 4.72 Å². The summed E-state index contributed by atoms with van der Waals surface area (Å²) in [5, 5.41) is 8.73. The molecule has 3 rings (SSSR count). The molecule has 1 aromatic heterocycles. The highest BCUT2D eigenvalue weighted by Gasteiger charge is 2.16. The third kappa shape index (κ3) is 5.86. The zero-order chi connectivity index (χ0) is 20.7. The first-order valence-corrected chi connectivity index (χ1v) is 11.2. The first-order chi connectivity index (χ1) is 14.0. The Morgan fingerprint density at radius 1 is 1.03 bits per heavy atom. The minimum absolute atomic E-state index is 0.253. The van der Waals surface area contributed by atoms with Crippen LogP contribution in [-0.4, -0.2) is 43.1 Å². The van der Waals surface area contributed by atoms with E-state index in [0.29, 0.717) is 35.5 Å². The number of rotatable bonds is 10. The SMILES string of the molecule is CCCN(CCNS(=O)(=O)c1ccccc1)Cc1nnc(-c2ccccc2Cl)o1. The number of halogens is 1. The predicted molar refractivity (Wildman–Crippen MR) is 112 cm³/mol. The van der Waals surface area contributed by atoms with Gasteiger partial charge in [0.1, 0.15) is 0 Å². The van der Waals surface area contributed by atoms with E-state index in [1.54, 1.807) is 36.4 Å². The van der Waals surface area contributed by atoms with Crippen molar-refractivity contribution in [1.82, 2.24) is 19.8 Å². The molecule has 0 radical (unpaired) electrons. The number of nitrogens with one attached hydrogen (secondary N) is 1. The second-order valence-electron chi connectivity index (χ2n) is 6.47. The van der Waals surface area contributed by atoms with Crippen LogP contribution in [0.3, 0.4) is 0 Å². The third-order valence-corrected chi connectivity index (χ3v) is 6.05. The summed E-state index contributed by atoms with van der Waals surface area (Å²) in [4.78, 5) is 2.32. The fraction of sp³-hybridized carbons (Fsp3) is 0.300. The van der Waals surface area contributed by atoms with Crippen LogP contribution in [0.15, 0.2) is 63.9 Å². The van der Waals surface area contributed by atoms with Gasteiger partial charge in [0.25, 0.3) is 0 Å². The smallest absolute Gasteiger partial charge is 0.249 e. The van der Waals surface area contributed by atoms with Crippen molar-refractivity contribution in [2.45, 2.75) is 24.8 Å². The highest BCUT2D eigenvalue weighted by molar-refractivity contribution is 7.89. The van der Waals surface area contributed by atoms with Crippen LogP contribution in [0.25, 0.3) is 11.5 Å². The van der Waals surface area contributed by atoms with E-state index in [0.717, 1.165) is 13.0 Å². The highest BCUT2D eigenvalue weighted by atomic mass is 35.5. The Balaban J connectivity index is 1.60. The summed E-state index contributed by atoms with van der Waals surface area (Å²) in [7, 11) is -3.52. The minimum Gasteiger partial charge on any atom is -0.419 e. The van der Waals surface area contributed by atoms with Gasteiger partial charge in [-0.05, 0) is 37.2 Å². The highest BCUT2D eigenvalue weighted by Crippen LogP contribution is 2.26. The summed E-state index contributed by atoms with van der Waals surface area (Å²) in [6.45, 7) is 4.06. The van der Waals surface area contributed by atoms with Crippen LogP contribution in [0.5, 0.6) is 0 Å². The van der Waals surface area contributed by atoms with E-state index in [4.69, 9.17) is 16.0 Å². The Labute approximate surface area is 175 Å². The van der Waals surface area contributed by atoms with Gasteiger partial charge in [-0.25, -0.2) is 13.1 Å². The van der Waals surface area contributed by atoms with Crippen molar-refractivity contribution in [3.63, 3.8) is 0 Å². The predicted octanol–water partition coefficient (Wildman–Crippen LogP) is 3.58. The second kappa shape index (κ2) is 9.98. The van der Waals surface area contributed by atoms with Crippen LogP contribution >= 0.6 is 11.6 Å². The van der Waals surface area contributed by atoms with Gasteiger partial charge in [0.2, 0.25) is 21.8 Å². The monoisotopic (exact) mass is 434 g/mol. The summed E-state index contributed by atoms with van der Waals surface area (Å²) >= 11 is 6.18. The van der Waals surface area contributed by atoms with Gasteiger partial charge in [-0.1, -0.05) is 48.9 Å². The van der Waals surface area contributed by atoms with Crippen LogP contribution in [0, 0.1) is 0 Å². The maximum Gasteiger partial charge on any atom is 0.249 e. The van der Waals surface area contributed by atoms with Crippen molar-refractivity contribution in [3.05, 3.63) is 65.5 Å². The molecule has 7 nitrogen and oxygen atoms in total. The van der Waals surface area contributed by atoms with Crippen LogP contribution in [0.1, 0.15) is 19.2 Å². The van der Waals surface area contributed by atoms with E-state index in [1.807, 2.05) is 18.2 Å². The molecule has 0 saturated carbocycles. The lowest BCUT2D eigenvalue weighted by molar-refractivity contribution is 0.244. The largest absolute Gasteiger partial charge is 0.419 e. The zero-order valence-corrected chi connectivity index (χ0v) is 17.7.